The highest BCUT2D eigenvalue weighted by Gasteiger charge is 2.52. The van der Waals surface area contributed by atoms with E-state index in [1.165, 1.54) is 4.68 Å². The van der Waals surface area contributed by atoms with Gasteiger partial charge in [-0.3, -0.25) is 4.68 Å². The van der Waals surface area contributed by atoms with E-state index in [0.29, 0.717) is 5.46 Å². The fourth-order valence-electron chi connectivity index (χ4n) is 1.61. The van der Waals surface area contributed by atoms with E-state index < -0.39 is 24.3 Å². The molecule has 0 aromatic carbocycles. The minimum atomic E-state index is -0.682. The molecular formula is C10H16BFN2O2. The molecule has 1 fully saturated rings. The number of halogens is 1. The van der Waals surface area contributed by atoms with E-state index in [4.69, 9.17) is 9.31 Å². The first-order chi connectivity index (χ1) is 7.23. The van der Waals surface area contributed by atoms with Crippen molar-refractivity contribution in [2.24, 2.45) is 7.05 Å². The van der Waals surface area contributed by atoms with E-state index >= 15 is 0 Å². The molecule has 0 radical (unpaired) electrons. The predicted octanol–water partition coefficient (Wildman–Crippen LogP) is 0.858. The van der Waals surface area contributed by atoms with Crippen LogP contribution in [0.25, 0.3) is 0 Å². The minimum Gasteiger partial charge on any atom is -0.399 e. The van der Waals surface area contributed by atoms with Crippen LogP contribution in [0.4, 0.5) is 4.39 Å². The van der Waals surface area contributed by atoms with Gasteiger partial charge in [-0.15, -0.1) is 5.10 Å². The second-order valence-corrected chi connectivity index (χ2v) is 5.14. The normalized spacial score (nSPS) is 22.8. The lowest BCUT2D eigenvalue weighted by Crippen LogP contribution is -2.41. The van der Waals surface area contributed by atoms with E-state index in [0.717, 1.165) is 0 Å². The van der Waals surface area contributed by atoms with Crippen molar-refractivity contribution in [3.05, 3.63) is 12.1 Å². The Balaban J connectivity index is 2.30. The Labute approximate surface area is 94.9 Å². The third-order valence-corrected chi connectivity index (χ3v) is 3.32. The van der Waals surface area contributed by atoms with Gasteiger partial charge in [0.25, 0.3) is 0 Å². The molecule has 88 valence electrons. The van der Waals surface area contributed by atoms with Crippen LogP contribution in [0.5, 0.6) is 0 Å². The van der Waals surface area contributed by atoms with Crippen LogP contribution in [-0.4, -0.2) is 28.1 Å². The second-order valence-electron chi connectivity index (χ2n) is 5.14. The molecule has 1 aliphatic heterocycles. The average Bonchev–Trinajstić information content (AvgIpc) is 2.51. The number of nitrogens with zero attached hydrogens (tertiary/aromatic N) is 2. The lowest BCUT2D eigenvalue weighted by molar-refractivity contribution is 0.00578. The molecule has 4 nitrogen and oxygen atoms in total. The zero-order valence-electron chi connectivity index (χ0n) is 10.2. The van der Waals surface area contributed by atoms with Crippen LogP contribution < -0.4 is 5.46 Å². The van der Waals surface area contributed by atoms with E-state index in [1.807, 2.05) is 27.7 Å². The van der Waals surface area contributed by atoms with E-state index in [-0.39, 0.29) is 0 Å². The molecule has 0 N–H and O–H groups in total. The molecule has 1 aromatic heterocycles. The topological polar surface area (TPSA) is 36.3 Å². The monoisotopic (exact) mass is 226 g/mol. The molecule has 2 rings (SSSR count). The summed E-state index contributed by atoms with van der Waals surface area (Å²) >= 11 is 0. The first-order valence-electron chi connectivity index (χ1n) is 5.28. The zero-order valence-corrected chi connectivity index (χ0v) is 10.2. The van der Waals surface area contributed by atoms with E-state index in [2.05, 4.69) is 5.10 Å². The highest BCUT2D eigenvalue weighted by atomic mass is 19.1. The molecule has 6 heteroatoms. The van der Waals surface area contributed by atoms with Crippen molar-refractivity contribution in [2.45, 2.75) is 38.9 Å². The van der Waals surface area contributed by atoms with Gasteiger partial charge in [-0.1, -0.05) is 0 Å². The summed E-state index contributed by atoms with van der Waals surface area (Å²) in [5, 5.41) is 3.64. The van der Waals surface area contributed by atoms with Crippen LogP contribution in [0, 0.1) is 5.95 Å². The lowest BCUT2D eigenvalue weighted by atomic mass is 9.81. The maximum Gasteiger partial charge on any atom is 0.501 e. The third-order valence-electron chi connectivity index (χ3n) is 3.32. The predicted molar refractivity (Wildman–Crippen MR) is 58.9 cm³/mol. The molecule has 16 heavy (non-hydrogen) atoms. The van der Waals surface area contributed by atoms with Crippen LogP contribution >= 0.6 is 0 Å². The number of hydrogen-bond donors (Lipinski definition) is 0. The molecule has 1 saturated heterocycles. The van der Waals surface area contributed by atoms with Gasteiger partial charge in [-0.2, -0.15) is 4.39 Å². The molecule has 1 aromatic rings. The first kappa shape index (κ1) is 11.6. The summed E-state index contributed by atoms with van der Waals surface area (Å²) in [6, 6.07) is 0. The van der Waals surface area contributed by atoms with E-state index in [9.17, 15) is 4.39 Å². The van der Waals surface area contributed by atoms with Crippen molar-refractivity contribution in [3.63, 3.8) is 0 Å². The molecule has 0 amide bonds. The van der Waals surface area contributed by atoms with Crippen LogP contribution in [0.15, 0.2) is 6.20 Å². The SMILES string of the molecule is Cn1cc(B2OC(C)(C)C(C)(C)O2)c(F)n1. The summed E-state index contributed by atoms with van der Waals surface area (Å²) in [4.78, 5) is 0. The summed E-state index contributed by atoms with van der Waals surface area (Å²) in [6.45, 7) is 7.73. The summed E-state index contributed by atoms with van der Waals surface area (Å²) in [6.07, 6.45) is 1.58. The third kappa shape index (κ3) is 1.66. The van der Waals surface area contributed by atoms with Gasteiger partial charge in [0.2, 0.25) is 5.95 Å². The molecule has 0 aliphatic carbocycles. The van der Waals surface area contributed by atoms with Crippen molar-refractivity contribution in [3.8, 4) is 0 Å². The van der Waals surface area contributed by atoms with Gasteiger partial charge in [0.15, 0.2) is 0 Å². The molecule has 0 spiro atoms. The Kier molecular flexibility index (Phi) is 2.40. The number of aryl methyl sites for hydroxylation is 1. The summed E-state index contributed by atoms with van der Waals surface area (Å²) in [5.41, 5.74) is -0.568. The Hall–Kier alpha value is -0.875. The Morgan fingerprint density at radius 2 is 1.75 bits per heavy atom. The minimum absolute atomic E-state index is 0.348. The molecule has 0 saturated carbocycles. The summed E-state index contributed by atoms with van der Waals surface area (Å²) < 4.78 is 26.3. The van der Waals surface area contributed by atoms with Crippen molar-refractivity contribution in [1.29, 1.82) is 0 Å². The lowest BCUT2D eigenvalue weighted by Gasteiger charge is -2.32. The number of rotatable bonds is 1. The summed E-state index contributed by atoms with van der Waals surface area (Å²) in [7, 11) is 0.983. The fraction of sp³-hybridized carbons (Fsp3) is 0.700. The quantitative estimate of drug-likeness (QED) is 0.666. The number of aromatic nitrogens is 2. The van der Waals surface area contributed by atoms with Crippen molar-refractivity contribution in [1.82, 2.24) is 9.78 Å². The van der Waals surface area contributed by atoms with Gasteiger partial charge in [0, 0.05) is 13.2 Å². The molecule has 0 unspecified atom stereocenters. The Morgan fingerprint density at radius 3 is 2.12 bits per heavy atom. The van der Waals surface area contributed by atoms with Gasteiger partial charge in [0.1, 0.15) is 0 Å². The molecule has 1 aliphatic rings. The van der Waals surface area contributed by atoms with E-state index in [1.54, 1.807) is 13.2 Å². The molecular weight excluding hydrogens is 210 g/mol. The van der Waals surface area contributed by atoms with Gasteiger partial charge < -0.3 is 9.31 Å². The fourth-order valence-corrected chi connectivity index (χ4v) is 1.61. The summed E-state index contributed by atoms with van der Waals surface area (Å²) in [5.74, 6) is -0.541. The number of hydrogen-bond acceptors (Lipinski definition) is 3. The van der Waals surface area contributed by atoms with Crippen molar-refractivity contribution >= 4 is 12.6 Å². The van der Waals surface area contributed by atoms with Crippen molar-refractivity contribution < 1.29 is 13.7 Å². The molecule has 0 atom stereocenters. The Morgan fingerprint density at radius 1 is 1.25 bits per heavy atom. The second kappa shape index (κ2) is 3.31. The smallest absolute Gasteiger partial charge is 0.399 e. The maximum atomic E-state index is 13.5. The van der Waals surface area contributed by atoms with Crippen LogP contribution in [0.2, 0.25) is 0 Å². The van der Waals surface area contributed by atoms with Crippen LogP contribution in [0.3, 0.4) is 0 Å². The largest absolute Gasteiger partial charge is 0.501 e. The van der Waals surface area contributed by atoms with Crippen molar-refractivity contribution in [2.75, 3.05) is 0 Å². The Bertz CT molecular complexity index is 401. The zero-order chi connectivity index (χ0) is 12.1. The maximum absolute atomic E-state index is 13.5. The van der Waals surface area contributed by atoms with Gasteiger partial charge in [0.05, 0.1) is 16.7 Å². The van der Waals surface area contributed by atoms with Gasteiger partial charge in [-0.25, -0.2) is 0 Å². The van der Waals surface area contributed by atoms with Crippen LogP contribution in [-0.2, 0) is 16.4 Å². The standard InChI is InChI=1S/C10H16BFN2O2/c1-9(2)10(3,4)16-11(15-9)7-6-14(5)13-8(7)12/h6H,1-5H3. The van der Waals surface area contributed by atoms with Gasteiger partial charge in [-0.05, 0) is 27.7 Å². The molecule has 0 bridgehead atoms. The first-order valence-corrected chi connectivity index (χ1v) is 5.28. The van der Waals surface area contributed by atoms with Crippen LogP contribution in [0.1, 0.15) is 27.7 Å². The highest BCUT2D eigenvalue weighted by molar-refractivity contribution is 6.62. The molecule has 2 heterocycles. The average molecular weight is 226 g/mol. The van der Waals surface area contributed by atoms with Gasteiger partial charge >= 0.3 is 7.12 Å². The highest BCUT2D eigenvalue weighted by Crippen LogP contribution is 2.36.